The molecule has 0 radical (unpaired) electrons. The van der Waals surface area contributed by atoms with Crippen LogP contribution in [0.15, 0.2) is 24.3 Å². The molecule has 0 aromatic heterocycles. The predicted octanol–water partition coefficient (Wildman–Crippen LogP) is 1.28. The highest BCUT2D eigenvalue weighted by molar-refractivity contribution is 5.83. The summed E-state index contributed by atoms with van der Waals surface area (Å²) < 4.78 is 4.89. The average molecular weight is 251 g/mol. The summed E-state index contributed by atoms with van der Waals surface area (Å²) in [5.74, 6) is -2.95. The second-order valence-electron chi connectivity index (χ2n) is 3.88. The minimum Gasteiger partial charge on any atom is -0.481 e. The molecule has 94 valence electrons. The molecule has 2 rings (SSSR count). The Labute approximate surface area is 101 Å². The van der Waals surface area contributed by atoms with Gasteiger partial charge in [-0.05, 0) is 6.07 Å². The standard InChI is InChI=1S/C11H9NO6/c13-9-5-7(11(14)15)10(18-9)6-3-1-2-4-8(6)12(16)17/h1-4,7,10H,5H2,(H,14,15)/t7-,10+/m1/s1. The van der Waals surface area contributed by atoms with Crippen molar-refractivity contribution in [2.75, 3.05) is 0 Å². The first kappa shape index (κ1) is 12.0. The summed E-state index contributed by atoms with van der Waals surface area (Å²) in [5, 5.41) is 19.8. The van der Waals surface area contributed by atoms with Crippen LogP contribution in [0.4, 0.5) is 5.69 Å². The summed E-state index contributed by atoms with van der Waals surface area (Å²) in [7, 11) is 0. The van der Waals surface area contributed by atoms with Crippen molar-refractivity contribution in [2.24, 2.45) is 5.92 Å². The normalized spacial score (nSPS) is 22.6. The number of aliphatic carboxylic acids is 1. The second kappa shape index (κ2) is 4.44. The SMILES string of the molecule is O=C1C[C@@H](C(=O)O)[C@H](c2ccccc2[N+](=O)[O-])O1. The van der Waals surface area contributed by atoms with Crippen LogP contribution in [0, 0.1) is 16.0 Å². The summed E-state index contributed by atoms with van der Waals surface area (Å²) >= 11 is 0. The van der Waals surface area contributed by atoms with Gasteiger partial charge < -0.3 is 9.84 Å². The molecular formula is C11H9NO6. The molecule has 7 nitrogen and oxygen atoms in total. The molecule has 1 fully saturated rings. The van der Waals surface area contributed by atoms with Crippen molar-refractivity contribution in [3.63, 3.8) is 0 Å². The number of ether oxygens (including phenoxy) is 1. The number of benzene rings is 1. The number of esters is 1. The van der Waals surface area contributed by atoms with Crippen LogP contribution in [-0.4, -0.2) is 22.0 Å². The van der Waals surface area contributed by atoms with Gasteiger partial charge in [0, 0.05) is 6.07 Å². The molecule has 0 saturated carbocycles. The maximum Gasteiger partial charge on any atom is 0.311 e. The minimum absolute atomic E-state index is 0.112. The molecule has 0 spiro atoms. The Morgan fingerprint density at radius 3 is 2.72 bits per heavy atom. The molecule has 0 bridgehead atoms. The molecule has 1 saturated heterocycles. The summed E-state index contributed by atoms with van der Waals surface area (Å²) in [6.45, 7) is 0. The molecule has 18 heavy (non-hydrogen) atoms. The molecule has 1 aliphatic heterocycles. The van der Waals surface area contributed by atoms with Gasteiger partial charge in [0.05, 0.1) is 16.9 Å². The number of nitro benzene ring substituents is 1. The third-order valence-corrected chi connectivity index (χ3v) is 2.77. The summed E-state index contributed by atoms with van der Waals surface area (Å²) in [6.07, 6.45) is -1.37. The van der Waals surface area contributed by atoms with Crippen LogP contribution in [0.1, 0.15) is 18.1 Å². The number of rotatable bonds is 3. The Bertz CT molecular complexity index is 526. The van der Waals surface area contributed by atoms with Crippen molar-refractivity contribution < 1.29 is 24.4 Å². The van der Waals surface area contributed by atoms with Gasteiger partial charge in [0.2, 0.25) is 0 Å². The Hall–Kier alpha value is -2.44. The van der Waals surface area contributed by atoms with E-state index in [1.54, 1.807) is 0 Å². The molecule has 0 unspecified atom stereocenters. The highest BCUT2D eigenvalue weighted by Crippen LogP contribution is 2.39. The van der Waals surface area contributed by atoms with Gasteiger partial charge in [-0.3, -0.25) is 19.7 Å². The van der Waals surface area contributed by atoms with Crippen LogP contribution in [0.25, 0.3) is 0 Å². The van der Waals surface area contributed by atoms with Crippen molar-refractivity contribution in [3.05, 3.63) is 39.9 Å². The maximum atomic E-state index is 11.2. The van der Waals surface area contributed by atoms with Gasteiger partial charge >= 0.3 is 11.9 Å². The summed E-state index contributed by atoms with van der Waals surface area (Å²) in [4.78, 5) is 32.4. The number of carbonyl (C=O) groups excluding carboxylic acids is 1. The van der Waals surface area contributed by atoms with Gasteiger partial charge in [-0.15, -0.1) is 0 Å². The molecular weight excluding hydrogens is 242 g/mol. The Morgan fingerprint density at radius 1 is 1.44 bits per heavy atom. The van der Waals surface area contributed by atoms with Crippen LogP contribution in [-0.2, 0) is 14.3 Å². The monoisotopic (exact) mass is 251 g/mol. The van der Waals surface area contributed by atoms with Crippen LogP contribution in [0.2, 0.25) is 0 Å². The molecule has 1 aromatic carbocycles. The zero-order chi connectivity index (χ0) is 13.3. The molecule has 0 amide bonds. The van der Waals surface area contributed by atoms with E-state index in [0.29, 0.717) is 0 Å². The van der Waals surface area contributed by atoms with Crippen LogP contribution in [0.5, 0.6) is 0 Å². The first-order valence-corrected chi connectivity index (χ1v) is 5.16. The van der Waals surface area contributed by atoms with Crippen LogP contribution in [0.3, 0.4) is 0 Å². The number of carboxylic acid groups (broad SMARTS) is 1. The molecule has 1 aliphatic rings. The van der Waals surface area contributed by atoms with Crippen molar-refractivity contribution in [3.8, 4) is 0 Å². The lowest BCUT2D eigenvalue weighted by Crippen LogP contribution is -2.18. The summed E-state index contributed by atoms with van der Waals surface area (Å²) in [6, 6.07) is 5.65. The van der Waals surface area contributed by atoms with Gasteiger partial charge in [-0.2, -0.15) is 0 Å². The Morgan fingerprint density at radius 2 is 2.11 bits per heavy atom. The molecule has 2 atom stereocenters. The highest BCUT2D eigenvalue weighted by Gasteiger charge is 2.43. The van der Waals surface area contributed by atoms with E-state index in [1.165, 1.54) is 24.3 Å². The number of carbonyl (C=O) groups is 2. The third-order valence-electron chi connectivity index (χ3n) is 2.77. The van der Waals surface area contributed by atoms with Crippen molar-refractivity contribution in [1.82, 2.24) is 0 Å². The molecule has 1 N–H and O–H groups in total. The fourth-order valence-corrected chi connectivity index (χ4v) is 1.95. The Kier molecular flexibility index (Phi) is 2.97. The van der Waals surface area contributed by atoms with Crippen molar-refractivity contribution >= 4 is 17.6 Å². The second-order valence-corrected chi connectivity index (χ2v) is 3.88. The number of nitrogens with zero attached hydrogens (tertiary/aromatic N) is 1. The van der Waals surface area contributed by atoms with Crippen molar-refractivity contribution in [2.45, 2.75) is 12.5 Å². The van der Waals surface area contributed by atoms with E-state index in [0.717, 1.165) is 0 Å². The Balaban J connectivity index is 2.44. The van der Waals surface area contributed by atoms with Crippen LogP contribution >= 0.6 is 0 Å². The predicted molar refractivity (Wildman–Crippen MR) is 57.7 cm³/mol. The van der Waals surface area contributed by atoms with E-state index in [4.69, 9.17) is 9.84 Å². The zero-order valence-electron chi connectivity index (χ0n) is 9.11. The number of hydrogen-bond donors (Lipinski definition) is 1. The van der Waals surface area contributed by atoms with Gasteiger partial charge in [-0.1, -0.05) is 12.1 Å². The van der Waals surface area contributed by atoms with Gasteiger partial charge in [0.1, 0.15) is 12.0 Å². The fraction of sp³-hybridized carbons (Fsp3) is 0.273. The number of nitro groups is 1. The molecule has 7 heteroatoms. The first-order valence-electron chi connectivity index (χ1n) is 5.16. The average Bonchev–Trinajstić information content (AvgIpc) is 2.71. The van der Waals surface area contributed by atoms with Crippen molar-refractivity contribution in [1.29, 1.82) is 0 Å². The smallest absolute Gasteiger partial charge is 0.311 e. The lowest BCUT2D eigenvalue weighted by Gasteiger charge is -2.14. The van der Waals surface area contributed by atoms with Gasteiger partial charge in [0.25, 0.3) is 5.69 Å². The largest absolute Gasteiger partial charge is 0.481 e. The number of carboxylic acids is 1. The third kappa shape index (κ3) is 2.02. The lowest BCUT2D eigenvalue weighted by molar-refractivity contribution is -0.386. The number of hydrogen-bond acceptors (Lipinski definition) is 5. The topological polar surface area (TPSA) is 107 Å². The molecule has 0 aliphatic carbocycles. The maximum absolute atomic E-state index is 11.2. The lowest BCUT2D eigenvalue weighted by atomic mass is 9.94. The quantitative estimate of drug-likeness (QED) is 0.492. The minimum atomic E-state index is -1.20. The first-order chi connectivity index (χ1) is 8.50. The van der Waals surface area contributed by atoms with Gasteiger partial charge in [-0.25, -0.2) is 0 Å². The van der Waals surface area contributed by atoms with Gasteiger partial charge in [0.15, 0.2) is 0 Å². The zero-order valence-corrected chi connectivity index (χ0v) is 9.11. The molecule has 1 heterocycles. The number of cyclic esters (lactones) is 1. The molecule has 1 aromatic rings. The highest BCUT2D eigenvalue weighted by atomic mass is 16.6. The van der Waals surface area contributed by atoms with E-state index < -0.39 is 28.9 Å². The number of para-hydroxylation sites is 1. The van der Waals surface area contributed by atoms with Crippen LogP contribution < -0.4 is 0 Å². The fourth-order valence-electron chi connectivity index (χ4n) is 1.95. The van der Waals surface area contributed by atoms with E-state index in [2.05, 4.69) is 0 Å². The van der Waals surface area contributed by atoms with E-state index >= 15 is 0 Å². The summed E-state index contributed by atoms with van der Waals surface area (Å²) in [5.41, 5.74) is -0.135. The van der Waals surface area contributed by atoms with E-state index in [1.807, 2.05) is 0 Å². The van der Waals surface area contributed by atoms with E-state index in [9.17, 15) is 19.7 Å². The van der Waals surface area contributed by atoms with E-state index in [-0.39, 0.29) is 17.7 Å².